The molecule has 1 unspecified atom stereocenters. The second-order valence-corrected chi connectivity index (χ2v) is 7.90. The van der Waals surface area contributed by atoms with Gasteiger partial charge in [0.15, 0.2) is 0 Å². The van der Waals surface area contributed by atoms with Gasteiger partial charge in [-0.05, 0) is 42.5 Å². The standard InChI is InChI=1S/C23H22F3N3O4/c1-33-22(32)15-5-7-17(8-6-15)29-20(30)14-19(21(29)31)28-11-9-27(10-12-28)18-4-2-3-16(13-18)23(24,25)26/h2-8,13,19H,9-12,14H2,1H3. The molecule has 4 rings (SSSR count). The van der Waals surface area contributed by atoms with Crippen molar-refractivity contribution < 1.29 is 32.3 Å². The number of halogens is 3. The van der Waals surface area contributed by atoms with Crippen molar-refractivity contribution in [1.29, 1.82) is 0 Å². The summed E-state index contributed by atoms with van der Waals surface area (Å²) >= 11 is 0. The first kappa shape index (κ1) is 22.8. The highest BCUT2D eigenvalue weighted by Crippen LogP contribution is 2.32. The predicted octanol–water partition coefficient (Wildman–Crippen LogP) is 2.95. The summed E-state index contributed by atoms with van der Waals surface area (Å²) in [5.41, 5.74) is 0.462. The number of nitrogens with zero attached hydrogens (tertiary/aromatic N) is 3. The van der Waals surface area contributed by atoms with Crippen molar-refractivity contribution in [2.45, 2.75) is 18.6 Å². The average Bonchev–Trinajstić information content (AvgIpc) is 3.12. The van der Waals surface area contributed by atoms with Gasteiger partial charge in [-0.3, -0.25) is 14.5 Å². The molecule has 1 atom stereocenters. The number of methoxy groups -OCH3 is 1. The molecule has 2 aromatic rings. The topological polar surface area (TPSA) is 70.2 Å². The van der Waals surface area contributed by atoms with Crippen molar-refractivity contribution in [3.05, 3.63) is 59.7 Å². The number of carbonyl (C=O) groups excluding carboxylic acids is 3. The highest BCUT2D eigenvalue weighted by Gasteiger charge is 2.43. The number of hydrogen-bond donors (Lipinski definition) is 0. The van der Waals surface area contributed by atoms with Gasteiger partial charge in [0.1, 0.15) is 0 Å². The molecule has 0 bridgehead atoms. The molecule has 2 fully saturated rings. The molecular weight excluding hydrogens is 439 g/mol. The van der Waals surface area contributed by atoms with Gasteiger partial charge in [0.25, 0.3) is 5.91 Å². The van der Waals surface area contributed by atoms with Gasteiger partial charge in [0.05, 0.1) is 36.4 Å². The molecule has 2 aliphatic rings. The van der Waals surface area contributed by atoms with Crippen molar-refractivity contribution >= 4 is 29.2 Å². The lowest BCUT2D eigenvalue weighted by Crippen LogP contribution is -2.52. The average molecular weight is 461 g/mol. The summed E-state index contributed by atoms with van der Waals surface area (Å²) in [6, 6.07) is 10.6. The Morgan fingerprint density at radius 2 is 1.64 bits per heavy atom. The van der Waals surface area contributed by atoms with Crippen LogP contribution in [-0.2, 0) is 20.5 Å². The molecule has 7 nitrogen and oxygen atoms in total. The molecule has 174 valence electrons. The van der Waals surface area contributed by atoms with Crippen LogP contribution in [0.3, 0.4) is 0 Å². The predicted molar refractivity (Wildman–Crippen MR) is 114 cm³/mol. The zero-order chi connectivity index (χ0) is 23.8. The maximum Gasteiger partial charge on any atom is 0.416 e. The summed E-state index contributed by atoms with van der Waals surface area (Å²) in [7, 11) is 1.27. The lowest BCUT2D eigenvalue weighted by Gasteiger charge is -2.38. The van der Waals surface area contributed by atoms with Crippen molar-refractivity contribution in [2.75, 3.05) is 43.1 Å². The number of carbonyl (C=O) groups is 3. The molecular formula is C23H22F3N3O4. The SMILES string of the molecule is COC(=O)c1ccc(N2C(=O)CC(N3CCN(c4cccc(C(F)(F)F)c4)CC3)C2=O)cc1. The van der Waals surface area contributed by atoms with Crippen LogP contribution in [0.2, 0.25) is 0 Å². The molecule has 2 saturated heterocycles. The van der Waals surface area contributed by atoms with Gasteiger partial charge >= 0.3 is 12.1 Å². The van der Waals surface area contributed by atoms with Gasteiger partial charge in [-0.2, -0.15) is 13.2 Å². The minimum absolute atomic E-state index is 0.0289. The minimum atomic E-state index is -4.41. The minimum Gasteiger partial charge on any atom is -0.465 e. The smallest absolute Gasteiger partial charge is 0.416 e. The van der Waals surface area contributed by atoms with Crippen LogP contribution in [-0.4, -0.2) is 62.0 Å². The van der Waals surface area contributed by atoms with Crippen molar-refractivity contribution in [2.24, 2.45) is 0 Å². The van der Waals surface area contributed by atoms with Crippen molar-refractivity contribution in [1.82, 2.24) is 4.90 Å². The third-order valence-corrected chi connectivity index (χ3v) is 5.96. The number of benzene rings is 2. The summed E-state index contributed by atoms with van der Waals surface area (Å²) in [6.45, 7) is 1.75. The van der Waals surface area contributed by atoms with Gasteiger partial charge in [0.2, 0.25) is 5.91 Å². The van der Waals surface area contributed by atoms with E-state index in [-0.39, 0.29) is 18.2 Å². The Morgan fingerprint density at radius 3 is 2.24 bits per heavy atom. The van der Waals surface area contributed by atoms with E-state index in [0.29, 0.717) is 43.1 Å². The van der Waals surface area contributed by atoms with Crippen LogP contribution in [0.15, 0.2) is 48.5 Å². The van der Waals surface area contributed by atoms with Gasteiger partial charge in [-0.15, -0.1) is 0 Å². The Morgan fingerprint density at radius 1 is 0.970 bits per heavy atom. The van der Waals surface area contributed by atoms with Crippen LogP contribution >= 0.6 is 0 Å². The Bertz CT molecular complexity index is 1060. The lowest BCUT2D eigenvalue weighted by molar-refractivity contribution is -0.137. The zero-order valence-corrected chi connectivity index (χ0v) is 17.8. The quantitative estimate of drug-likeness (QED) is 0.515. The Labute approximate surface area is 188 Å². The van der Waals surface area contributed by atoms with E-state index in [4.69, 9.17) is 0 Å². The van der Waals surface area contributed by atoms with Crippen LogP contribution in [0.4, 0.5) is 24.5 Å². The normalized spacial score (nSPS) is 19.8. The molecule has 2 aromatic carbocycles. The lowest BCUT2D eigenvalue weighted by atomic mass is 10.1. The molecule has 2 heterocycles. The first-order chi connectivity index (χ1) is 15.7. The Hall–Kier alpha value is -3.40. The van der Waals surface area contributed by atoms with Crippen LogP contribution in [0.25, 0.3) is 0 Å². The van der Waals surface area contributed by atoms with E-state index in [9.17, 15) is 27.6 Å². The Balaban J connectivity index is 1.42. The monoisotopic (exact) mass is 461 g/mol. The third kappa shape index (κ3) is 4.56. The van der Waals surface area contributed by atoms with E-state index in [0.717, 1.165) is 17.0 Å². The van der Waals surface area contributed by atoms with E-state index >= 15 is 0 Å². The molecule has 0 aliphatic carbocycles. The summed E-state index contributed by atoms with van der Waals surface area (Å²) in [5, 5.41) is 0. The van der Waals surface area contributed by atoms with Gasteiger partial charge in [-0.25, -0.2) is 9.69 Å². The van der Waals surface area contributed by atoms with E-state index in [2.05, 4.69) is 4.74 Å². The van der Waals surface area contributed by atoms with E-state index in [1.165, 1.54) is 37.4 Å². The second kappa shape index (κ2) is 8.86. The second-order valence-electron chi connectivity index (χ2n) is 7.90. The van der Waals surface area contributed by atoms with E-state index < -0.39 is 23.8 Å². The van der Waals surface area contributed by atoms with Gasteiger partial charge in [-0.1, -0.05) is 6.07 Å². The number of ether oxygens (including phenoxy) is 1. The van der Waals surface area contributed by atoms with Gasteiger partial charge < -0.3 is 9.64 Å². The third-order valence-electron chi connectivity index (χ3n) is 5.96. The number of amides is 2. The first-order valence-electron chi connectivity index (χ1n) is 10.4. The highest BCUT2D eigenvalue weighted by atomic mass is 19.4. The zero-order valence-electron chi connectivity index (χ0n) is 17.8. The van der Waals surface area contributed by atoms with E-state index in [1.807, 2.05) is 9.80 Å². The van der Waals surface area contributed by atoms with Crippen LogP contribution in [0.5, 0.6) is 0 Å². The molecule has 33 heavy (non-hydrogen) atoms. The van der Waals surface area contributed by atoms with Crippen LogP contribution in [0.1, 0.15) is 22.3 Å². The maximum atomic E-state index is 13.0. The molecule has 0 radical (unpaired) electrons. The summed E-state index contributed by atoms with van der Waals surface area (Å²) in [6.07, 6.45) is -4.38. The largest absolute Gasteiger partial charge is 0.465 e. The molecule has 2 aliphatic heterocycles. The molecule has 2 amide bonds. The molecule has 10 heteroatoms. The Kier molecular flexibility index (Phi) is 6.11. The number of anilines is 2. The van der Waals surface area contributed by atoms with Gasteiger partial charge in [0, 0.05) is 31.9 Å². The summed E-state index contributed by atoms with van der Waals surface area (Å²) in [5.74, 6) is -1.20. The molecule has 0 aromatic heterocycles. The van der Waals surface area contributed by atoms with Crippen molar-refractivity contribution in [3.8, 4) is 0 Å². The van der Waals surface area contributed by atoms with Crippen LogP contribution < -0.4 is 9.80 Å². The first-order valence-corrected chi connectivity index (χ1v) is 10.4. The maximum absolute atomic E-state index is 13.0. The molecule has 0 N–H and O–H groups in total. The highest BCUT2D eigenvalue weighted by molar-refractivity contribution is 6.22. The fraction of sp³-hybridized carbons (Fsp3) is 0.348. The number of hydrogen-bond acceptors (Lipinski definition) is 6. The number of piperazine rings is 1. The molecule has 0 saturated carbocycles. The summed E-state index contributed by atoms with van der Waals surface area (Å²) < 4.78 is 43.7. The van der Waals surface area contributed by atoms with Crippen LogP contribution in [0, 0.1) is 0 Å². The fourth-order valence-electron chi connectivity index (χ4n) is 4.21. The fourth-order valence-corrected chi connectivity index (χ4v) is 4.21. The number of imide groups is 1. The number of alkyl halides is 3. The molecule has 0 spiro atoms. The van der Waals surface area contributed by atoms with Crippen molar-refractivity contribution in [3.63, 3.8) is 0 Å². The van der Waals surface area contributed by atoms with E-state index in [1.54, 1.807) is 6.07 Å². The number of rotatable bonds is 4. The number of esters is 1. The summed E-state index contributed by atoms with van der Waals surface area (Å²) in [4.78, 5) is 42.1.